The van der Waals surface area contributed by atoms with Gasteiger partial charge in [0.25, 0.3) is 0 Å². The maximum atomic E-state index is 4.22. The van der Waals surface area contributed by atoms with Crippen LogP contribution in [0.15, 0.2) is 85.1 Å². The Bertz CT molecular complexity index is 929. The number of nitrogens with one attached hydrogen (secondary N) is 1. The van der Waals surface area contributed by atoms with Gasteiger partial charge in [0.1, 0.15) is 0 Å². The maximum Gasteiger partial charge on any atom is 0.0419 e. The van der Waals surface area contributed by atoms with Gasteiger partial charge in [-0.3, -0.25) is 0 Å². The van der Waals surface area contributed by atoms with Crippen molar-refractivity contribution >= 4 is 11.3 Å². The smallest absolute Gasteiger partial charge is 0.0419 e. The molecule has 2 aromatic carbocycles. The van der Waals surface area contributed by atoms with Crippen LogP contribution < -0.4 is 5.32 Å². The lowest BCUT2D eigenvalue weighted by atomic mass is 9.99. The number of rotatable bonds is 10. The number of aryl methyl sites for hydroxylation is 3. The number of benzene rings is 2. The zero-order valence-corrected chi connectivity index (χ0v) is 26.6. The molecule has 0 fully saturated rings. The topological polar surface area (TPSA) is 12.0 Å². The van der Waals surface area contributed by atoms with Crippen LogP contribution in [0, 0.1) is 20.8 Å². The molecule has 0 heterocycles. The molecule has 0 amide bonds. The Morgan fingerprint density at radius 1 is 0.763 bits per heavy atom. The van der Waals surface area contributed by atoms with Crippen molar-refractivity contribution in [1.29, 1.82) is 0 Å². The highest BCUT2D eigenvalue weighted by Crippen LogP contribution is 2.26. The maximum absolute atomic E-state index is 4.22. The second-order valence-electron chi connectivity index (χ2n) is 9.80. The molecule has 0 spiro atoms. The molecule has 2 aromatic rings. The van der Waals surface area contributed by atoms with Crippen LogP contribution in [0.2, 0.25) is 0 Å². The van der Waals surface area contributed by atoms with Gasteiger partial charge in [-0.1, -0.05) is 135 Å². The fraction of sp³-hybridized carbons (Fsp3) is 0.459. The summed E-state index contributed by atoms with van der Waals surface area (Å²) in [5.41, 5.74) is 9.53. The summed E-state index contributed by atoms with van der Waals surface area (Å²) < 4.78 is 0. The fourth-order valence-electron chi connectivity index (χ4n) is 2.78. The first-order valence-corrected chi connectivity index (χ1v) is 14.7. The molecule has 0 radical (unpaired) electrons. The van der Waals surface area contributed by atoms with Crippen LogP contribution in [-0.2, 0) is 0 Å². The lowest BCUT2D eigenvalue weighted by Crippen LogP contribution is -2.01. The first-order chi connectivity index (χ1) is 18.1. The van der Waals surface area contributed by atoms with Gasteiger partial charge in [0, 0.05) is 11.4 Å². The van der Waals surface area contributed by atoms with E-state index in [1.807, 2.05) is 19.1 Å². The molecule has 1 nitrogen and oxygen atoms in total. The summed E-state index contributed by atoms with van der Waals surface area (Å²) in [6, 6.07) is 14.8. The number of unbranched alkanes of at least 4 members (excludes halogenated alkanes) is 3. The molecule has 0 unspecified atom stereocenters. The van der Waals surface area contributed by atoms with Crippen molar-refractivity contribution in [2.75, 3.05) is 5.32 Å². The summed E-state index contributed by atoms with van der Waals surface area (Å²) in [6.07, 6.45) is 14.8. The van der Waals surface area contributed by atoms with Gasteiger partial charge in [-0.25, -0.2) is 0 Å². The molecule has 0 aliphatic heterocycles. The Kier molecular flexibility index (Phi) is 24.1. The van der Waals surface area contributed by atoms with E-state index in [9.17, 15) is 0 Å². The third-order valence-corrected chi connectivity index (χ3v) is 6.20. The van der Waals surface area contributed by atoms with Crippen LogP contribution in [-0.4, -0.2) is 0 Å². The Morgan fingerprint density at radius 2 is 1.29 bits per heavy atom. The molecule has 38 heavy (non-hydrogen) atoms. The van der Waals surface area contributed by atoms with Gasteiger partial charge in [-0.15, -0.1) is 0 Å². The SMILES string of the molecule is C=C(Nc1cc(C(=C)CCCC)ccc1C)/C(C)=C/C=C\C.CCCC.CCCC.Cc1ccccc1C. The van der Waals surface area contributed by atoms with Gasteiger partial charge in [-0.2, -0.15) is 0 Å². The minimum Gasteiger partial charge on any atom is -0.356 e. The monoisotopic (exact) mass is 517 g/mol. The molecule has 0 bridgehead atoms. The van der Waals surface area contributed by atoms with Crippen molar-refractivity contribution < 1.29 is 0 Å². The predicted octanol–water partition coefficient (Wildman–Crippen LogP) is 12.6. The van der Waals surface area contributed by atoms with Crippen LogP contribution >= 0.6 is 0 Å². The zero-order chi connectivity index (χ0) is 29.3. The molecule has 0 saturated carbocycles. The van der Waals surface area contributed by atoms with Crippen molar-refractivity contribution in [3.8, 4) is 0 Å². The molecular formula is C37H59N. The predicted molar refractivity (Wildman–Crippen MR) is 178 cm³/mol. The van der Waals surface area contributed by atoms with E-state index in [1.165, 1.54) is 66.4 Å². The molecular weight excluding hydrogens is 458 g/mol. The van der Waals surface area contributed by atoms with E-state index in [-0.39, 0.29) is 0 Å². The summed E-state index contributed by atoms with van der Waals surface area (Å²) >= 11 is 0. The normalized spacial score (nSPS) is 10.3. The molecule has 0 aromatic heterocycles. The average molecular weight is 518 g/mol. The molecule has 2 rings (SSSR count). The Morgan fingerprint density at radius 3 is 1.71 bits per heavy atom. The number of allylic oxidation sites excluding steroid dienone is 5. The lowest BCUT2D eigenvalue weighted by molar-refractivity contribution is 0.825. The van der Waals surface area contributed by atoms with Crippen LogP contribution in [0.25, 0.3) is 5.57 Å². The third-order valence-electron chi connectivity index (χ3n) is 6.20. The minimum absolute atomic E-state index is 0.928. The Balaban J connectivity index is 0. The van der Waals surface area contributed by atoms with Gasteiger partial charge >= 0.3 is 0 Å². The van der Waals surface area contributed by atoms with Crippen molar-refractivity contribution in [1.82, 2.24) is 0 Å². The summed E-state index contributed by atoms with van der Waals surface area (Å²) in [5.74, 6) is 0. The first-order valence-electron chi connectivity index (χ1n) is 14.7. The van der Waals surface area contributed by atoms with Crippen LogP contribution in [0.1, 0.15) is 116 Å². The van der Waals surface area contributed by atoms with Crippen LogP contribution in [0.3, 0.4) is 0 Å². The standard InChI is InChI=1S/C21H29N.C8H10.2C4H10/c1-7-9-11-16(3)19(6)22-21-15-20(14-13-18(21)5)17(4)12-10-8-2;1-7-5-3-4-6-8(7)2;2*1-3-4-2/h7,9,11,13-15,22H,4,6,8,10,12H2,1-3,5H3;3-6H,1-2H3;2*3-4H2,1-2H3/b9-7-,16-11+;;;. The largest absolute Gasteiger partial charge is 0.356 e. The highest BCUT2D eigenvalue weighted by Gasteiger charge is 2.05. The molecule has 0 aliphatic rings. The van der Waals surface area contributed by atoms with Crippen molar-refractivity contribution in [2.24, 2.45) is 0 Å². The highest BCUT2D eigenvalue weighted by atomic mass is 14.9. The van der Waals surface area contributed by atoms with Crippen molar-refractivity contribution in [2.45, 2.75) is 114 Å². The van der Waals surface area contributed by atoms with Crippen LogP contribution in [0.4, 0.5) is 5.69 Å². The second-order valence-corrected chi connectivity index (χ2v) is 9.80. The molecule has 0 atom stereocenters. The first kappa shape index (κ1) is 37.4. The number of hydrogen-bond acceptors (Lipinski definition) is 1. The molecule has 1 heteroatoms. The van der Waals surface area contributed by atoms with Gasteiger partial charge in [0.2, 0.25) is 0 Å². The summed E-state index contributed by atoms with van der Waals surface area (Å²) in [7, 11) is 0. The lowest BCUT2D eigenvalue weighted by Gasteiger charge is -2.15. The molecule has 0 saturated heterocycles. The van der Waals surface area contributed by atoms with Gasteiger partial charge in [0.05, 0.1) is 0 Å². The molecule has 0 aliphatic carbocycles. The Labute approximate surface area is 237 Å². The number of anilines is 1. The second kappa shape index (κ2) is 24.5. The van der Waals surface area contributed by atoms with E-state index >= 15 is 0 Å². The average Bonchev–Trinajstić information content (AvgIpc) is 2.93. The van der Waals surface area contributed by atoms with Gasteiger partial charge < -0.3 is 5.32 Å². The fourth-order valence-corrected chi connectivity index (χ4v) is 2.78. The van der Waals surface area contributed by atoms with E-state index in [2.05, 4.69) is 129 Å². The van der Waals surface area contributed by atoms with E-state index in [0.717, 1.165) is 23.4 Å². The van der Waals surface area contributed by atoms with Crippen LogP contribution in [0.5, 0.6) is 0 Å². The van der Waals surface area contributed by atoms with Gasteiger partial charge in [0.15, 0.2) is 0 Å². The zero-order valence-electron chi connectivity index (χ0n) is 26.6. The highest BCUT2D eigenvalue weighted by molar-refractivity contribution is 5.70. The summed E-state index contributed by atoms with van der Waals surface area (Å²) in [4.78, 5) is 0. The van der Waals surface area contributed by atoms with Crippen molar-refractivity contribution in [3.05, 3.63) is 107 Å². The summed E-state index contributed by atoms with van der Waals surface area (Å²) in [5, 5.41) is 3.43. The number of hydrogen-bond donors (Lipinski definition) is 1. The van der Waals surface area contributed by atoms with E-state index in [1.54, 1.807) is 0 Å². The molecule has 1 N–H and O–H groups in total. The van der Waals surface area contributed by atoms with Gasteiger partial charge in [-0.05, 0) is 86.9 Å². The third kappa shape index (κ3) is 18.4. The van der Waals surface area contributed by atoms with E-state index in [0.29, 0.717) is 0 Å². The minimum atomic E-state index is 0.928. The quantitative estimate of drug-likeness (QED) is 0.309. The summed E-state index contributed by atoms with van der Waals surface area (Å²) in [6.45, 7) is 29.7. The molecule has 212 valence electrons. The van der Waals surface area contributed by atoms with E-state index in [4.69, 9.17) is 0 Å². The van der Waals surface area contributed by atoms with E-state index < -0.39 is 0 Å². The Hall–Kier alpha value is -2.80. The van der Waals surface area contributed by atoms with Crippen molar-refractivity contribution in [3.63, 3.8) is 0 Å².